The summed E-state index contributed by atoms with van der Waals surface area (Å²) in [6.07, 6.45) is 1.86. The van der Waals surface area contributed by atoms with Crippen molar-refractivity contribution in [1.29, 1.82) is 0 Å². The van der Waals surface area contributed by atoms with Gasteiger partial charge in [0.25, 0.3) is 0 Å². The van der Waals surface area contributed by atoms with Crippen molar-refractivity contribution in [3.05, 3.63) is 24.8 Å². The van der Waals surface area contributed by atoms with Crippen molar-refractivity contribution in [3.63, 3.8) is 0 Å². The largest absolute Gasteiger partial charge is 0.460 e. The van der Waals surface area contributed by atoms with Gasteiger partial charge in [-0.2, -0.15) is 0 Å². The number of hydrogen-bond acceptors (Lipinski definition) is 7. The highest BCUT2D eigenvalue weighted by Crippen LogP contribution is 2.55. The Kier molecular flexibility index (Phi) is 5.61. The molecular weight excluding hydrogens is 342 g/mol. The summed E-state index contributed by atoms with van der Waals surface area (Å²) in [4.78, 5) is 35.3. The molecule has 1 N–H and O–H groups in total. The van der Waals surface area contributed by atoms with Crippen LogP contribution in [0.3, 0.4) is 0 Å². The number of nitrogens with one attached hydrogen (secondary N) is 1. The number of alkyl carbamates (subject to hydrolysis) is 1. The minimum atomic E-state index is -0.605. The molecule has 1 saturated heterocycles. The maximum absolute atomic E-state index is 11.9. The van der Waals surface area contributed by atoms with Gasteiger partial charge in [0.15, 0.2) is 0 Å². The second kappa shape index (κ2) is 7.90. The summed E-state index contributed by atoms with van der Waals surface area (Å²) in [5, 5.41) is 2.53. The van der Waals surface area contributed by atoms with E-state index in [1.165, 1.54) is 0 Å². The number of ether oxygens (including phenoxy) is 4. The van der Waals surface area contributed by atoms with Crippen LogP contribution < -0.4 is 5.32 Å². The molecular formula is C18H23NO7. The lowest BCUT2D eigenvalue weighted by Crippen LogP contribution is -2.40. The fraction of sp³-hybridized carbons (Fsp3) is 0.611. The van der Waals surface area contributed by atoms with Crippen molar-refractivity contribution in [1.82, 2.24) is 5.32 Å². The predicted molar refractivity (Wildman–Crippen MR) is 89.0 cm³/mol. The lowest BCUT2D eigenvalue weighted by atomic mass is 9.88. The van der Waals surface area contributed by atoms with Gasteiger partial charge in [0.05, 0.1) is 31.2 Å². The summed E-state index contributed by atoms with van der Waals surface area (Å²) in [6.45, 7) is 7.55. The molecule has 1 amide bonds. The maximum Gasteiger partial charge on any atom is 0.407 e. The first kappa shape index (κ1) is 18.4. The highest BCUT2D eigenvalue weighted by atomic mass is 16.6. The quantitative estimate of drug-likeness (QED) is 0.214. The van der Waals surface area contributed by atoms with Crippen LogP contribution in [0.2, 0.25) is 0 Å². The SMILES string of the molecule is C=CCOCC(=C)C(=O)OCCNC(=O)OC1C2CC3C(=O)OC1C3C2. The minimum Gasteiger partial charge on any atom is -0.460 e. The third kappa shape index (κ3) is 3.75. The lowest BCUT2D eigenvalue weighted by molar-refractivity contribution is -0.145. The van der Waals surface area contributed by atoms with E-state index in [0.717, 1.165) is 12.8 Å². The molecule has 2 aliphatic carbocycles. The first-order valence-corrected chi connectivity index (χ1v) is 8.69. The third-order valence-electron chi connectivity index (χ3n) is 5.06. The molecule has 8 nitrogen and oxygen atoms in total. The molecule has 2 bridgehead atoms. The second-order valence-corrected chi connectivity index (χ2v) is 6.74. The van der Waals surface area contributed by atoms with Crippen LogP contribution >= 0.6 is 0 Å². The number of rotatable bonds is 9. The number of fused-ring (bicyclic) bond motifs is 1. The van der Waals surface area contributed by atoms with Crippen LogP contribution in [0.15, 0.2) is 24.8 Å². The highest BCUT2D eigenvalue weighted by Gasteiger charge is 2.63. The van der Waals surface area contributed by atoms with E-state index in [4.69, 9.17) is 18.9 Å². The molecule has 0 radical (unpaired) electrons. The molecule has 8 heteroatoms. The van der Waals surface area contributed by atoms with E-state index < -0.39 is 12.1 Å². The van der Waals surface area contributed by atoms with Gasteiger partial charge in [0.2, 0.25) is 0 Å². The average Bonchev–Trinajstić information content (AvgIpc) is 3.23. The fourth-order valence-electron chi connectivity index (χ4n) is 3.95. The van der Waals surface area contributed by atoms with Crippen LogP contribution in [0.25, 0.3) is 0 Å². The van der Waals surface area contributed by atoms with Gasteiger partial charge in [-0.25, -0.2) is 9.59 Å². The van der Waals surface area contributed by atoms with Crippen LogP contribution in [0.1, 0.15) is 12.8 Å². The molecule has 3 rings (SSSR count). The minimum absolute atomic E-state index is 0.00831. The molecule has 26 heavy (non-hydrogen) atoms. The molecule has 3 fully saturated rings. The van der Waals surface area contributed by atoms with Crippen molar-refractivity contribution >= 4 is 18.0 Å². The Hall–Kier alpha value is -2.35. The Morgan fingerprint density at radius 3 is 2.92 bits per heavy atom. The van der Waals surface area contributed by atoms with Crippen molar-refractivity contribution in [2.75, 3.05) is 26.4 Å². The van der Waals surface area contributed by atoms with Crippen LogP contribution in [0.4, 0.5) is 4.79 Å². The van der Waals surface area contributed by atoms with E-state index in [1.807, 2.05) is 0 Å². The lowest BCUT2D eigenvalue weighted by Gasteiger charge is -2.25. The van der Waals surface area contributed by atoms with E-state index in [1.54, 1.807) is 6.08 Å². The predicted octanol–water partition coefficient (Wildman–Crippen LogP) is 0.965. The zero-order chi connectivity index (χ0) is 18.7. The van der Waals surface area contributed by atoms with Gasteiger partial charge in [0, 0.05) is 11.8 Å². The monoisotopic (exact) mass is 365 g/mol. The van der Waals surface area contributed by atoms with Crippen molar-refractivity contribution in [3.8, 4) is 0 Å². The van der Waals surface area contributed by atoms with E-state index >= 15 is 0 Å². The van der Waals surface area contributed by atoms with Gasteiger partial charge in [0.1, 0.15) is 18.8 Å². The molecule has 1 heterocycles. The Morgan fingerprint density at radius 1 is 1.35 bits per heavy atom. The Balaban J connectivity index is 1.32. The molecule has 0 aromatic rings. The molecule has 0 aromatic heterocycles. The summed E-state index contributed by atoms with van der Waals surface area (Å²) >= 11 is 0. The average molecular weight is 365 g/mol. The summed E-state index contributed by atoms with van der Waals surface area (Å²) in [6, 6.07) is 0. The zero-order valence-corrected chi connectivity index (χ0v) is 14.5. The van der Waals surface area contributed by atoms with Crippen LogP contribution in [0, 0.1) is 17.8 Å². The standard InChI is InChI=1S/C18H23NO7/c1-3-5-23-9-10(2)16(20)24-6-4-19-18(22)26-14-11-7-12-13(8-11)17(21)25-15(12)14/h3,11-15H,1-2,4-9H2,(H,19,22). The molecule has 5 atom stereocenters. The number of esters is 2. The third-order valence-corrected chi connectivity index (χ3v) is 5.06. The van der Waals surface area contributed by atoms with E-state index in [0.29, 0.717) is 6.61 Å². The zero-order valence-electron chi connectivity index (χ0n) is 14.5. The van der Waals surface area contributed by atoms with Gasteiger partial charge < -0.3 is 24.3 Å². The first-order valence-electron chi connectivity index (χ1n) is 8.69. The molecule has 142 valence electrons. The van der Waals surface area contributed by atoms with E-state index in [9.17, 15) is 14.4 Å². The first-order chi connectivity index (χ1) is 12.5. The summed E-state index contributed by atoms with van der Waals surface area (Å²) in [7, 11) is 0. The molecule has 3 aliphatic rings. The molecule has 1 aliphatic heterocycles. The Labute approximate surface area is 151 Å². The van der Waals surface area contributed by atoms with Crippen molar-refractivity contribution in [2.45, 2.75) is 25.0 Å². The van der Waals surface area contributed by atoms with Gasteiger partial charge in [-0.15, -0.1) is 6.58 Å². The summed E-state index contributed by atoms with van der Waals surface area (Å²) in [5.41, 5.74) is 0.189. The molecule has 5 unspecified atom stereocenters. The smallest absolute Gasteiger partial charge is 0.407 e. The van der Waals surface area contributed by atoms with Crippen LogP contribution in [-0.4, -0.2) is 56.6 Å². The number of carbonyl (C=O) groups is 3. The van der Waals surface area contributed by atoms with Gasteiger partial charge in [-0.05, 0) is 12.8 Å². The second-order valence-electron chi connectivity index (χ2n) is 6.74. The van der Waals surface area contributed by atoms with Gasteiger partial charge in [-0.1, -0.05) is 12.7 Å². The summed E-state index contributed by atoms with van der Waals surface area (Å²) in [5.74, 6) is -0.403. The topological polar surface area (TPSA) is 100 Å². The Bertz CT molecular complexity index is 617. The van der Waals surface area contributed by atoms with E-state index in [2.05, 4.69) is 18.5 Å². The highest BCUT2D eigenvalue weighted by molar-refractivity contribution is 5.88. The number of carbonyl (C=O) groups excluding carboxylic acids is 3. The molecule has 2 saturated carbocycles. The normalized spacial score (nSPS) is 30.6. The molecule has 0 aromatic carbocycles. The molecule has 0 spiro atoms. The van der Waals surface area contributed by atoms with Gasteiger partial charge >= 0.3 is 18.0 Å². The van der Waals surface area contributed by atoms with Crippen LogP contribution in [0.5, 0.6) is 0 Å². The number of amides is 1. The van der Waals surface area contributed by atoms with Gasteiger partial charge in [-0.3, -0.25) is 4.79 Å². The maximum atomic E-state index is 11.9. The van der Waals surface area contributed by atoms with Crippen molar-refractivity contribution < 1.29 is 33.3 Å². The van der Waals surface area contributed by atoms with Crippen LogP contribution in [-0.2, 0) is 28.5 Å². The summed E-state index contributed by atoms with van der Waals surface area (Å²) < 4.78 is 20.8. The van der Waals surface area contributed by atoms with E-state index in [-0.39, 0.29) is 61.3 Å². The van der Waals surface area contributed by atoms with Crippen molar-refractivity contribution in [2.24, 2.45) is 17.8 Å². The fourth-order valence-corrected chi connectivity index (χ4v) is 3.95. The Morgan fingerprint density at radius 2 is 2.15 bits per heavy atom. The number of hydrogen-bond donors (Lipinski definition) is 1.